The summed E-state index contributed by atoms with van der Waals surface area (Å²) in [5, 5.41) is 13.0. The predicted octanol–water partition coefficient (Wildman–Crippen LogP) is 2.82. The van der Waals surface area contributed by atoms with Gasteiger partial charge < -0.3 is 10.1 Å². The van der Waals surface area contributed by atoms with Crippen LogP contribution >= 0.6 is 0 Å². The molecule has 0 saturated heterocycles. The molecule has 0 aliphatic rings. The molecule has 20 heavy (non-hydrogen) atoms. The number of aryl methyl sites for hydroxylation is 2. The summed E-state index contributed by atoms with van der Waals surface area (Å²) < 4.78 is 4.56. The van der Waals surface area contributed by atoms with Gasteiger partial charge in [0.25, 0.3) is 0 Å². The van der Waals surface area contributed by atoms with Crippen molar-refractivity contribution in [2.45, 2.75) is 20.4 Å². The first kappa shape index (κ1) is 13.9. The first-order valence-corrected chi connectivity index (χ1v) is 6.29. The van der Waals surface area contributed by atoms with Crippen molar-refractivity contribution in [3.05, 3.63) is 41.2 Å². The zero-order valence-corrected chi connectivity index (χ0v) is 11.8. The predicted molar refractivity (Wildman–Crippen MR) is 77.9 cm³/mol. The van der Waals surface area contributed by atoms with Crippen LogP contribution in [-0.2, 0) is 11.3 Å². The maximum Gasteiger partial charge on any atom is 0.411 e. The van der Waals surface area contributed by atoms with Crippen molar-refractivity contribution in [2.24, 2.45) is 0 Å². The van der Waals surface area contributed by atoms with E-state index in [4.69, 9.17) is 0 Å². The fourth-order valence-electron chi connectivity index (χ4n) is 1.90. The number of hydrogen-bond donors (Lipinski definition) is 3. The van der Waals surface area contributed by atoms with Gasteiger partial charge in [0.2, 0.25) is 0 Å². The second kappa shape index (κ2) is 6.10. The second-order valence-electron chi connectivity index (χ2n) is 4.46. The number of amides is 1. The van der Waals surface area contributed by atoms with E-state index in [0.29, 0.717) is 12.2 Å². The lowest BCUT2D eigenvalue weighted by Gasteiger charge is -2.09. The van der Waals surface area contributed by atoms with Crippen LogP contribution < -0.4 is 10.6 Å². The molecule has 0 saturated carbocycles. The molecule has 1 aromatic heterocycles. The molecule has 0 bridgehead atoms. The Bertz CT molecular complexity index is 587. The molecule has 1 amide bonds. The lowest BCUT2D eigenvalue weighted by atomic mass is 10.2. The average molecular weight is 274 g/mol. The molecule has 2 rings (SSSR count). The number of hydrogen-bond acceptors (Lipinski definition) is 4. The number of nitrogens with zero attached hydrogens (tertiary/aromatic N) is 1. The number of carbonyl (C=O) groups excluding carboxylic acids is 1. The van der Waals surface area contributed by atoms with Crippen molar-refractivity contribution in [3.63, 3.8) is 0 Å². The van der Waals surface area contributed by atoms with Crippen LogP contribution in [0.3, 0.4) is 0 Å². The van der Waals surface area contributed by atoms with Crippen LogP contribution in [0.25, 0.3) is 0 Å². The van der Waals surface area contributed by atoms with E-state index in [1.54, 1.807) is 6.07 Å². The zero-order chi connectivity index (χ0) is 14.5. The fourth-order valence-corrected chi connectivity index (χ4v) is 1.90. The van der Waals surface area contributed by atoms with Gasteiger partial charge in [-0.15, -0.1) is 0 Å². The molecule has 6 nitrogen and oxygen atoms in total. The Morgan fingerprint density at radius 2 is 2.10 bits per heavy atom. The molecule has 0 radical (unpaired) electrons. The van der Waals surface area contributed by atoms with Gasteiger partial charge in [0.05, 0.1) is 12.8 Å². The third-order valence-corrected chi connectivity index (χ3v) is 3.04. The van der Waals surface area contributed by atoms with Crippen LogP contribution in [0, 0.1) is 13.8 Å². The van der Waals surface area contributed by atoms with Crippen LogP contribution in [0.5, 0.6) is 0 Å². The number of anilines is 2. The third kappa shape index (κ3) is 3.28. The number of aromatic amines is 1. The summed E-state index contributed by atoms with van der Waals surface area (Å²) in [6.45, 7) is 4.64. The minimum atomic E-state index is -0.483. The molecule has 0 aliphatic heterocycles. The molecule has 2 aromatic rings. The summed E-state index contributed by atoms with van der Waals surface area (Å²) in [7, 11) is 1.34. The number of benzene rings is 1. The van der Waals surface area contributed by atoms with Crippen LogP contribution in [0.15, 0.2) is 24.3 Å². The number of aromatic nitrogens is 2. The Labute approximate surface area is 117 Å². The quantitative estimate of drug-likeness (QED) is 0.801. The molecular weight excluding hydrogens is 256 g/mol. The summed E-state index contributed by atoms with van der Waals surface area (Å²) in [5.74, 6) is 0. The van der Waals surface area contributed by atoms with E-state index in [0.717, 1.165) is 22.6 Å². The minimum Gasteiger partial charge on any atom is -0.453 e. The molecule has 0 spiro atoms. The molecule has 0 unspecified atom stereocenters. The molecule has 0 aliphatic carbocycles. The molecule has 1 aromatic carbocycles. The van der Waals surface area contributed by atoms with E-state index in [1.807, 2.05) is 32.0 Å². The van der Waals surface area contributed by atoms with Crippen molar-refractivity contribution in [3.8, 4) is 0 Å². The number of methoxy groups -OCH3 is 1. The summed E-state index contributed by atoms with van der Waals surface area (Å²) in [6, 6.07) is 7.45. The molecule has 1 heterocycles. The van der Waals surface area contributed by atoms with Gasteiger partial charge in [-0.05, 0) is 32.0 Å². The van der Waals surface area contributed by atoms with Gasteiger partial charge in [-0.25, -0.2) is 4.79 Å². The van der Waals surface area contributed by atoms with E-state index in [9.17, 15) is 4.79 Å². The summed E-state index contributed by atoms with van der Waals surface area (Å²) >= 11 is 0. The van der Waals surface area contributed by atoms with Crippen molar-refractivity contribution in [1.29, 1.82) is 0 Å². The Morgan fingerprint density at radius 3 is 2.75 bits per heavy atom. The maximum absolute atomic E-state index is 11.2. The Balaban J connectivity index is 2.03. The average Bonchev–Trinajstić information content (AvgIpc) is 2.76. The van der Waals surface area contributed by atoms with Crippen molar-refractivity contribution >= 4 is 17.5 Å². The van der Waals surface area contributed by atoms with Crippen LogP contribution in [0.1, 0.15) is 17.0 Å². The monoisotopic (exact) mass is 274 g/mol. The standard InChI is InChI=1S/C14H18N4O2/c1-9-13(10(2)18-17-9)8-15-11-5-4-6-12(7-11)16-14(19)20-3/h4-7,15H,8H2,1-3H3,(H,16,19)(H,17,18). The highest BCUT2D eigenvalue weighted by molar-refractivity contribution is 5.85. The first-order valence-electron chi connectivity index (χ1n) is 6.29. The van der Waals surface area contributed by atoms with Crippen LogP contribution in [0.4, 0.5) is 16.2 Å². The van der Waals surface area contributed by atoms with Crippen molar-refractivity contribution in [2.75, 3.05) is 17.7 Å². The van der Waals surface area contributed by atoms with E-state index >= 15 is 0 Å². The molecule has 0 fully saturated rings. The van der Waals surface area contributed by atoms with Crippen molar-refractivity contribution < 1.29 is 9.53 Å². The van der Waals surface area contributed by atoms with E-state index in [-0.39, 0.29) is 0 Å². The van der Waals surface area contributed by atoms with Crippen LogP contribution in [-0.4, -0.2) is 23.4 Å². The van der Waals surface area contributed by atoms with Gasteiger partial charge in [-0.1, -0.05) is 6.07 Å². The normalized spacial score (nSPS) is 10.2. The van der Waals surface area contributed by atoms with E-state index in [2.05, 4.69) is 25.6 Å². The number of nitrogens with one attached hydrogen (secondary N) is 3. The number of rotatable bonds is 4. The number of H-pyrrole nitrogens is 1. The molecule has 6 heteroatoms. The second-order valence-corrected chi connectivity index (χ2v) is 4.46. The van der Waals surface area contributed by atoms with Crippen molar-refractivity contribution in [1.82, 2.24) is 10.2 Å². The van der Waals surface area contributed by atoms with Gasteiger partial charge >= 0.3 is 6.09 Å². The summed E-state index contributed by atoms with van der Waals surface area (Å²) in [6.07, 6.45) is -0.483. The molecular formula is C14H18N4O2. The Morgan fingerprint density at radius 1 is 1.35 bits per heavy atom. The minimum absolute atomic E-state index is 0.483. The molecule has 3 N–H and O–H groups in total. The van der Waals surface area contributed by atoms with Crippen LogP contribution in [0.2, 0.25) is 0 Å². The first-order chi connectivity index (χ1) is 9.60. The highest BCUT2D eigenvalue weighted by atomic mass is 16.5. The van der Waals surface area contributed by atoms with Gasteiger partial charge in [-0.2, -0.15) is 5.10 Å². The lowest BCUT2D eigenvalue weighted by Crippen LogP contribution is -2.11. The maximum atomic E-state index is 11.2. The topological polar surface area (TPSA) is 79.0 Å². The smallest absolute Gasteiger partial charge is 0.411 e. The largest absolute Gasteiger partial charge is 0.453 e. The summed E-state index contributed by atoms with van der Waals surface area (Å²) in [5.41, 5.74) is 4.79. The van der Waals surface area contributed by atoms with Gasteiger partial charge in [0, 0.05) is 29.2 Å². The highest BCUT2D eigenvalue weighted by Crippen LogP contribution is 2.17. The number of carbonyl (C=O) groups is 1. The van der Waals surface area contributed by atoms with Gasteiger partial charge in [0.1, 0.15) is 0 Å². The Hall–Kier alpha value is -2.50. The molecule has 106 valence electrons. The van der Waals surface area contributed by atoms with E-state index in [1.165, 1.54) is 7.11 Å². The zero-order valence-electron chi connectivity index (χ0n) is 11.8. The summed E-state index contributed by atoms with van der Waals surface area (Å²) in [4.78, 5) is 11.2. The highest BCUT2D eigenvalue weighted by Gasteiger charge is 2.06. The van der Waals surface area contributed by atoms with Gasteiger partial charge in [-0.3, -0.25) is 10.4 Å². The van der Waals surface area contributed by atoms with E-state index < -0.39 is 6.09 Å². The third-order valence-electron chi connectivity index (χ3n) is 3.04. The Kier molecular flexibility index (Phi) is 4.24. The SMILES string of the molecule is COC(=O)Nc1cccc(NCc2c(C)n[nH]c2C)c1. The molecule has 0 atom stereocenters. The lowest BCUT2D eigenvalue weighted by molar-refractivity contribution is 0.187. The fraction of sp³-hybridized carbons (Fsp3) is 0.286. The number of ether oxygens (including phenoxy) is 1. The van der Waals surface area contributed by atoms with Gasteiger partial charge in [0.15, 0.2) is 0 Å².